The van der Waals surface area contributed by atoms with Crippen LogP contribution in [0.1, 0.15) is 30.8 Å². The molecule has 0 unspecified atom stereocenters. The first-order valence-corrected chi connectivity index (χ1v) is 8.28. The third-order valence-electron chi connectivity index (χ3n) is 4.20. The van der Waals surface area contributed by atoms with Crippen LogP contribution < -0.4 is 4.74 Å². The minimum Gasteiger partial charge on any atom is -0.477 e. The van der Waals surface area contributed by atoms with Crippen LogP contribution in [0, 0.1) is 29.9 Å². The van der Waals surface area contributed by atoms with Gasteiger partial charge >= 0.3 is 0 Å². The monoisotopic (exact) mass is 368 g/mol. The largest absolute Gasteiger partial charge is 0.477 e. The Kier molecular flexibility index (Phi) is 4.66. The van der Waals surface area contributed by atoms with E-state index in [0.29, 0.717) is 5.82 Å². The molecule has 5 nitrogen and oxygen atoms in total. The molecule has 0 amide bonds. The molecule has 0 bridgehead atoms. The Hall–Kier alpha value is -3.27. The molecule has 138 valence electrons. The predicted molar refractivity (Wildman–Crippen MR) is 95.9 cm³/mol. The molecular formula is C20H18F2N4O. The van der Waals surface area contributed by atoms with E-state index in [2.05, 4.69) is 10.2 Å². The van der Waals surface area contributed by atoms with Gasteiger partial charge in [-0.05, 0) is 56.7 Å². The summed E-state index contributed by atoms with van der Waals surface area (Å²) in [6.45, 7) is 5.25. The molecule has 0 fully saturated rings. The summed E-state index contributed by atoms with van der Waals surface area (Å²) in [5.41, 5.74) is 0.207. The van der Waals surface area contributed by atoms with Crippen molar-refractivity contribution in [2.75, 3.05) is 0 Å². The summed E-state index contributed by atoms with van der Waals surface area (Å²) in [7, 11) is 1.68. The van der Waals surface area contributed by atoms with Crippen LogP contribution in [0.2, 0.25) is 0 Å². The third-order valence-corrected chi connectivity index (χ3v) is 4.20. The van der Waals surface area contributed by atoms with Crippen LogP contribution in [-0.2, 0) is 12.6 Å². The van der Waals surface area contributed by atoms with E-state index in [1.807, 2.05) is 6.07 Å². The van der Waals surface area contributed by atoms with Gasteiger partial charge in [0.15, 0.2) is 28.8 Å². The van der Waals surface area contributed by atoms with Crippen molar-refractivity contribution >= 4 is 0 Å². The second-order valence-corrected chi connectivity index (χ2v) is 6.76. The minimum atomic E-state index is -1.01. The summed E-state index contributed by atoms with van der Waals surface area (Å²) >= 11 is 0. The molecule has 0 atom stereocenters. The van der Waals surface area contributed by atoms with Crippen LogP contribution in [0.25, 0.3) is 11.4 Å². The lowest BCUT2D eigenvalue weighted by molar-refractivity contribution is 0.0894. The predicted octanol–water partition coefficient (Wildman–Crippen LogP) is 4.25. The maximum atomic E-state index is 14.3. The first kappa shape index (κ1) is 18.5. The van der Waals surface area contributed by atoms with Crippen LogP contribution in [0.5, 0.6) is 5.75 Å². The molecule has 0 N–H and O–H groups in total. The lowest BCUT2D eigenvalue weighted by Crippen LogP contribution is -2.29. The fourth-order valence-corrected chi connectivity index (χ4v) is 2.86. The molecule has 1 heterocycles. The van der Waals surface area contributed by atoms with Crippen molar-refractivity contribution < 1.29 is 13.5 Å². The van der Waals surface area contributed by atoms with Gasteiger partial charge in [0.25, 0.3) is 0 Å². The normalized spacial score (nSPS) is 11.3. The van der Waals surface area contributed by atoms with E-state index < -0.39 is 17.2 Å². The zero-order valence-corrected chi connectivity index (χ0v) is 15.4. The molecule has 0 saturated heterocycles. The van der Waals surface area contributed by atoms with Crippen molar-refractivity contribution in [1.29, 1.82) is 5.26 Å². The molecule has 2 aromatic carbocycles. The molecule has 3 rings (SSSR count). The topological polar surface area (TPSA) is 63.7 Å². The lowest BCUT2D eigenvalue weighted by Gasteiger charge is -2.25. The number of hydrogen-bond donors (Lipinski definition) is 0. The highest BCUT2D eigenvalue weighted by molar-refractivity contribution is 5.58. The highest BCUT2D eigenvalue weighted by atomic mass is 19.1. The van der Waals surface area contributed by atoms with Crippen LogP contribution in [0.15, 0.2) is 36.4 Å². The maximum absolute atomic E-state index is 14.3. The minimum absolute atomic E-state index is 0.0969. The number of nitrogens with zero attached hydrogens (tertiary/aromatic N) is 4. The molecule has 0 saturated carbocycles. The van der Waals surface area contributed by atoms with Crippen molar-refractivity contribution in [2.45, 2.75) is 26.4 Å². The fraction of sp³-hybridized carbons (Fsp3) is 0.250. The van der Waals surface area contributed by atoms with Gasteiger partial charge in [0.1, 0.15) is 5.82 Å². The molecule has 0 radical (unpaired) electrons. The summed E-state index contributed by atoms with van der Waals surface area (Å²) < 4.78 is 35.9. The molecule has 7 heteroatoms. The van der Waals surface area contributed by atoms with E-state index in [4.69, 9.17) is 10.00 Å². The summed E-state index contributed by atoms with van der Waals surface area (Å²) in [5, 5.41) is 17.1. The van der Waals surface area contributed by atoms with Gasteiger partial charge in [-0.1, -0.05) is 6.07 Å². The van der Waals surface area contributed by atoms with Gasteiger partial charge in [0.05, 0.1) is 17.2 Å². The van der Waals surface area contributed by atoms with Gasteiger partial charge in [0, 0.05) is 7.05 Å². The Labute approximate surface area is 155 Å². The second kappa shape index (κ2) is 6.80. The number of benzene rings is 2. The average Bonchev–Trinajstić information content (AvgIpc) is 2.99. The van der Waals surface area contributed by atoms with Gasteiger partial charge in [0.2, 0.25) is 0 Å². The zero-order chi connectivity index (χ0) is 19.8. The Morgan fingerprint density at radius 2 is 1.81 bits per heavy atom. The van der Waals surface area contributed by atoms with Gasteiger partial charge < -0.3 is 9.30 Å². The quantitative estimate of drug-likeness (QED) is 0.690. The summed E-state index contributed by atoms with van der Waals surface area (Å²) in [5.74, 6) is -0.253. The number of aryl methyl sites for hydroxylation is 1. The van der Waals surface area contributed by atoms with Crippen molar-refractivity contribution in [2.24, 2.45) is 7.05 Å². The Bertz CT molecular complexity index is 1050. The first-order valence-electron chi connectivity index (χ1n) is 8.28. The van der Waals surface area contributed by atoms with Crippen LogP contribution in [0.3, 0.4) is 0 Å². The van der Waals surface area contributed by atoms with E-state index in [1.54, 1.807) is 44.5 Å². The SMILES string of the molecule is Cc1ccc(OC(C)(C)c2nnc(-c3ccc(C#N)cc3F)n2C)c(F)c1. The first-order chi connectivity index (χ1) is 12.7. The van der Waals surface area contributed by atoms with E-state index in [1.165, 1.54) is 18.2 Å². The summed E-state index contributed by atoms with van der Waals surface area (Å²) in [4.78, 5) is 0. The number of aromatic nitrogens is 3. The van der Waals surface area contributed by atoms with Crippen LogP contribution in [-0.4, -0.2) is 14.8 Å². The van der Waals surface area contributed by atoms with Crippen LogP contribution in [0.4, 0.5) is 8.78 Å². The van der Waals surface area contributed by atoms with Crippen molar-refractivity contribution in [3.05, 3.63) is 65.0 Å². The average molecular weight is 368 g/mol. The van der Waals surface area contributed by atoms with Crippen molar-refractivity contribution in [3.8, 4) is 23.2 Å². The number of hydrogen-bond acceptors (Lipinski definition) is 4. The van der Waals surface area contributed by atoms with Crippen molar-refractivity contribution in [3.63, 3.8) is 0 Å². The molecule has 0 aliphatic carbocycles. The van der Waals surface area contributed by atoms with E-state index in [9.17, 15) is 8.78 Å². The van der Waals surface area contributed by atoms with Gasteiger partial charge in [-0.25, -0.2) is 8.78 Å². The number of ether oxygens (including phenoxy) is 1. The highest BCUT2D eigenvalue weighted by Crippen LogP contribution is 2.31. The highest BCUT2D eigenvalue weighted by Gasteiger charge is 2.31. The Balaban J connectivity index is 1.97. The molecule has 0 spiro atoms. The lowest BCUT2D eigenvalue weighted by atomic mass is 10.1. The number of halogens is 2. The van der Waals surface area contributed by atoms with Gasteiger partial charge in [-0.15, -0.1) is 10.2 Å². The molecule has 0 aliphatic heterocycles. The number of rotatable bonds is 4. The van der Waals surface area contributed by atoms with Gasteiger partial charge in [-0.2, -0.15) is 5.26 Å². The molecule has 1 aromatic heterocycles. The van der Waals surface area contributed by atoms with E-state index in [0.717, 1.165) is 11.6 Å². The summed E-state index contributed by atoms with van der Waals surface area (Å²) in [6, 6.07) is 10.7. The molecule has 27 heavy (non-hydrogen) atoms. The van der Waals surface area contributed by atoms with Crippen molar-refractivity contribution in [1.82, 2.24) is 14.8 Å². The summed E-state index contributed by atoms with van der Waals surface area (Å²) in [6.07, 6.45) is 0. The third kappa shape index (κ3) is 3.51. The molecule has 3 aromatic rings. The molecular weight excluding hydrogens is 350 g/mol. The van der Waals surface area contributed by atoms with Crippen LogP contribution >= 0.6 is 0 Å². The second-order valence-electron chi connectivity index (χ2n) is 6.76. The zero-order valence-electron chi connectivity index (χ0n) is 15.4. The number of nitriles is 1. The fourth-order valence-electron chi connectivity index (χ4n) is 2.86. The van der Waals surface area contributed by atoms with E-state index >= 15 is 0 Å². The van der Waals surface area contributed by atoms with Gasteiger partial charge in [-0.3, -0.25) is 0 Å². The Morgan fingerprint density at radius 3 is 2.44 bits per heavy atom. The Morgan fingerprint density at radius 1 is 1.07 bits per heavy atom. The smallest absolute Gasteiger partial charge is 0.176 e. The molecule has 0 aliphatic rings. The van der Waals surface area contributed by atoms with E-state index in [-0.39, 0.29) is 22.7 Å². The standard InChI is InChI=1S/C20H18F2N4O/c1-12-5-8-17(16(22)9-12)27-20(2,3)19-25-24-18(26(19)4)14-7-6-13(11-23)10-15(14)21/h5-10H,1-4H3. The maximum Gasteiger partial charge on any atom is 0.176 e.